The lowest BCUT2D eigenvalue weighted by Crippen LogP contribution is -2.32. The van der Waals surface area contributed by atoms with Gasteiger partial charge in [0.1, 0.15) is 0 Å². The Hall–Kier alpha value is 0.0600. The van der Waals surface area contributed by atoms with Crippen LogP contribution in [-0.4, -0.2) is 54.2 Å². The summed E-state index contributed by atoms with van der Waals surface area (Å²) in [7, 11) is 0. The molecule has 0 radical (unpaired) electrons. The van der Waals surface area contributed by atoms with E-state index >= 15 is 0 Å². The highest BCUT2D eigenvalue weighted by Gasteiger charge is 2.15. The fourth-order valence-electron chi connectivity index (χ4n) is 2.19. The van der Waals surface area contributed by atoms with Crippen molar-refractivity contribution in [3.8, 4) is 0 Å². The predicted molar refractivity (Wildman–Crippen MR) is 75.4 cm³/mol. The lowest BCUT2D eigenvalue weighted by molar-refractivity contribution is 0.196. The predicted octanol–water partition coefficient (Wildman–Crippen LogP) is 2.01. The van der Waals surface area contributed by atoms with E-state index in [0.717, 1.165) is 39.3 Å². The molecule has 1 N–H and O–H groups in total. The quantitative estimate of drug-likeness (QED) is 0.920. The molecule has 0 aromatic carbocycles. The summed E-state index contributed by atoms with van der Waals surface area (Å²) in [5.41, 5.74) is 0. The van der Waals surface area contributed by atoms with Gasteiger partial charge in [0.15, 0.2) is 0 Å². The summed E-state index contributed by atoms with van der Waals surface area (Å²) in [6, 6.07) is 2.12. The minimum Gasteiger partial charge on any atom is -0.395 e. The first-order valence-corrected chi connectivity index (χ1v) is 7.74. The van der Waals surface area contributed by atoms with Crippen LogP contribution in [0.5, 0.6) is 0 Å². The largest absolute Gasteiger partial charge is 0.395 e. The minimum absolute atomic E-state index is 0.274. The molecule has 17 heavy (non-hydrogen) atoms. The number of rotatable bonds is 4. The molecule has 1 fully saturated rings. The van der Waals surface area contributed by atoms with E-state index in [1.54, 1.807) is 0 Å². The van der Waals surface area contributed by atoms with Crippen LogP contribution in [0.4, 0.5) is 0 Å². The molecule has 0 saturated carbocycles. The van der Waals surface area contributed by atoms with Crippen molar-refractivity contribution in [1.82, 2.24) is 9.80 Å². The Morgan fingerprint density at radius 1 is 1.24 bits per heavy atom. The first-order valence-electron chi connectivity index (χ1n) is 6.07. The third-order valence-electron chi connectivity index (χ3n) is 3.16. The average Bonchev–Trinajstić information content (AvgIpc) is 2.59. The normalized spacial score (nSPS) is 19.4. The molecular weight excluding hydrogens is 300 g/mol. The fraction of sp³-hybridized carbons (Fsp3) is 0.667. The first kappa shape index (κ1) is 13.5. The third kappa shape index (κ3) is 4.03. The van der Waals surface area contributed by atoms with Crippen molar-refractivity contribution >= 4 is 27.3 Å². The molecular formula is C12H19BrN2OS. The standard InChI is InChI=1S/C12H19BrN2OS/c13-11-2-9-17-12(11)10-15-4-1-3-14(5-6-15)7-8-16/h2,9,16H,1,3-8,10H2. The lowest BCUT2D eigenvalue weighted by Gasteiger charge is -2.20. The lowest BCUT2D eigenvalue weighted by atomic mass is 10.3. The van der Waals surface area contributed by atoms with Crippen molar-refractivity contribution < 1.29 is 5.11 Å². The zero-order valence-electron chi connectivity index (χ0n) is 9.94. The van der Waals surface area contributed by atoms with Gasteiger partial charge in [0, 0.05) is 35.5 Å². The summed E-state index contributed by atoms with van der Waals surface area (Å²) < 4.78 is 1.24. The zero-order valence-corrected chi connectivity index (χ0v) is 12.3. The van der Waals surface area contributed by atoms with Crippen LogP contribution in [0.1, 0.15) is 11.3 Å². The van der Waals surface area contributed by atoms with Crippen molar-refractivity contribution in [2.45, 2.75) is 13.0 Å². The molecule has 0 atom stereocenters. The highest BCUT2D eigenvalue weighted by molar-refractivity contribution is 9.10. The number of thiophene rings is 1. The molecule has 2 rings (SSSR count). The Labute approximate surface area is 115 Å². The SMILES string of the molecule is OCCN1CCCN(Cc2sccc2Br)CC1. The maximum absolute atomic E-state index is 8.96. The van der Waals surface area contributed by atoms with Crippen LogP contribution in [0.3, 0.4) is 0 Å². The smallest absolute Gasteiger partial charge is 0.0558 e. The van der Waals surface area contributed by atoms with Crippen molar-refractivity contribution in [3.05, 3.63) is 20.8 Å². The van der Waals surface area contributed by atoms with Gasteiger partial charge in [-0.15, -0.1) is 11.3 Å². The monoisotopic (exact) mass is 318 g/mol. The minimum atomic E-state index is 0.274. The van der Waals surface area contributed by atoms with Gasteiger partial charge >= 0.3 is 0 Å². The van der Waals surface area contributed by atoms with E-state index < -0.39 is 0 Å². The Kier molecular flexibility index (Phi) is 5.44. The van der Waals surface area contributed by atoms with Crippen LogP contribution >= 0.6 is 27.3 Å². The van der Waals surface area contributed by atoms with Crippen molar-refractivity contribution in [2.75, 3.05) is 39.3 Å². The summed E-state index contributed by atoms with van der Waals surface area (Å²) >= 11 is 5.41. The number of aliphatic hydroxyl groups excluding tert-OH is 1. The van der Waals surface area contributed by atoms with E-state index in [-0.39, 0.29) is 6.61 Å². The molecule has 0 spiro atoms. The number of halogens is 1. The summed E-state index contributed by atoms with van der Waals surface area (Å²) in [5, 5.41) is 11.1. The number of hydrogen-bond acceptors (Lipinski definition) is 4. The molecule has 0 aliphatic carbocycles. The zero-order chi connectivity index (χ0) is 12.1. The Balaban J connectivity index is 1.85. The van der Waals surface area contributed by atoms with Crippen LogP contribution in [0.25, 0.3) is 0 Å². The number of aliphatic hydroxyl groups is 1. The first-order chi connectivity index (χ1) is 8.29. The number of β-amino-alcohol motifs (C(OH)–C–C–N with tert-alkyl or cyclic N) is 1. The van der Waals surface area contributed by atoms with E-state index in [4.69, 9.17) is 5.11 Å². The topological polar surface area (TPSA) is 26.7 Å². The fourth-order valence-corrected chi connectivity index (χ4v) is 3.71. The van der Waals surface area contributed by atoms with E-state index in [1.165, 1.54) is 15.8 Å². The van der Waals surface area contributed by atoms with Gasteiger partial charge in [-0.25, -0.2) is 0 Å². The number of nitrogens with zero attached hydrogens (tertiary/aromatic N) is 2. The summed E-state index contributed by atoms with van der Waals surface area (Å²) in [4.78, 5) is 6.28. The molecule has 2 heterocycles. The number of hydrogen-bond donors (Lipinski definition) is 1. The summed E-state index contributed by atoms with van der Waals surface area (Å²) in [6.07, 6.45) is 1.20. The van der Waals surface area contributed by atoms with Gasteiger partial charge in [-0.1, -0.05) is 0 Å². The maximum atomic E-state index is 8.96. The molecule has 1 aliphatic heterocycles. The molecule has 5 heteroatoms. The van der Waals surface area contributed by atoms with E-state index in [1.807, 2.05) is 11.3 Å². The Bertz CT molecular complexity index is 345. The van der Waals surface area contributed by atoms with Crippen LogP contribution in [0.15, 0.2) is 15.9 Å². The van der Waals surface area contributed by atoms with Gasteiger partial charge in [-0.05, 0) is 46.9 Å². The molecule has 1 aromatic heterocycles. The molecule has 96 valence electrons. The molecule has 0 amide bonds. The van der Waals surface area contributed by atoms with E-state index in [2.05, 4.69) is 37.2 Å². The Morgan fingerprint density at radius 2 is 2.00 bits per heavy atom. The van der Waals surface area contributed by atoms with E-state index in [9.17, 15) is 0 Å². The van der Waals surface area contributed by atoms with Crippen molar-refractivity contribution in [1.29, 1.82) is 0 Å². The van der Waals surface area contributed by atoms with Gasteiger partial charge in [0.2, 0.25) is 0 Å². The van der Waals surface area contributed by atoms with Gasteiger partial charge < -0.3 is 5.11 Å². The summed E-state index contributed by atoms with van der Waals surface area (Å²) in [6.45, 7) is 6.58. The molecule has 0 bridgehead atoms. The Morgan fingerprint density at radius 3 is 2.71 bits per heavy atom. The average molecular weight is 319 g/mol. The second-order valence-electron chi connectivity index (χ2n) is 4.39. The van der Waals surface area contributed by atoms with Gasteiger partial charge in [-0.3, -0.25) is 9.80 Å². The highest BCUT2D eigenvalue weighted by atomic mass is 79.9. The summed E-state index contributed by atoms with van der Waals surface area (Å²) in [5.74, 6) is 0. The van der Waals surface area contributed by atoms with Crippen LogP contribution in [0, 0.1) is 0 Å². The molecule has 0 unspecified atom stereocenters. The van der Waals surface area contributed by atoms with Crippen molar-refractivity contribution in [3.63, 3.8) is 0 Å². The van der Waals surface area contributed by atoms with Crippen molar-refractivity contribution in [2.24, 2.45) is 0 Å². The third-order valence-corrected chi connectivity index (χ3v) is 5.07. The van der Waals surface area contributed by atoms with Gasteiger partial charge in [0.05, 0.1) is 6.61 Å². The molecule has 1 aliphatic rings. The molecule has 1 saturated heterocycles. The van der Waals surface area contributed by atoms with Gasteiger partial charge in [0.25, 0.3) is 0 Å². The van der Waals surface area contributed by atoms with Gasteiger partial charge in [-0.2, -0.15) is 0 Å². The maximum Gasteiger partial charge on any atom is 0.0558 e. The van der Waals surface area contributed by atoms with Crippen LogP contribution in [0.2, 0.25) is 0 Å². The molecule has 3 nitrogen and oxygen atoms in total. The van der Waals surface area contributed by atoms with Crippen LogP contribution in [-0.2, 0) is 6.54 Å². The highest BCUT2D eigenvalue weighted by Crippen LogP contribution is 2.24. The second-order valence-corrected chi connectivity index (χ2v) is 6.24. The van der Waals surface area contributed by atoms with E-state index in [0.29, 0.717) is 0 Å². The molecule has 1 aromatic rings. The van der Waals surface area contributed by atoms with Crippen LogP contribution < -0.4 is 0 Å². The second kappa shape index (κ2) is 6.85.